The average Bonchev–Trinajstić information content (AvgIpc) is 2.53. The Hall–Kier alpha value is -1.93. The summed E-state index contributed by atoms with van der Waals surface area (Å²) in [6.07, 6.45) is -15.1. The molecule has 0 N–H and O–H groups in total. The van der Waals surface area contributed by atoms with E-state index in [0.717, 1.165) is 0 Å². The molecule has 120 valence electrons. The fraction of sp³-hybridized carbons (Fsp3) is 0.231. The molecule has 0 unspecified atom stereocenters. The first-order valence-corrected chi connectivity index (χ1v) is 5.60. The number of rotatable bonds is 0. The largest absolute Gasteiger partial charge is 0.417 e. The molecule has 2 aliphatic carbocycles. The number of alkyl halides is 9. The van der Waals surface area contributed by atoms with Crippen LogP contribution in [0.15, 0.2) is 30.3 Å². The van der Waals surface area contributed by atoms with E-state index in [-0.39, 0.29) is 6.07 Å². The molecule has 0 amide bonds. The van der Waals surface area contributed by atoms with Crippen LogP contribution < -0.4 is 0 Å². The van der Waals surface area contributed by atoms with Gasteiger partial charge in [-0.15, -0.1) is 0 Å². The second-order valence-electron chi connectivity index (χ2n) is 4.41. The zero-order chi connectivity index (χ0) is 16.9. The Labute approximate surface area is 117 Å². The van der Waals surface area contributed by atoms with Crippen LogP contribution in [-0.4, -0.2) is 0 Å². The quantitative estimate of drug-likeness (QED) is 0.531. The summed E-state index contributed by atoms with van der Waals surface area (Å²) in [7, 11) is 0. The Morgan fingerprint density at radius 1 is 0.500 bits per heavy atom. The Morgan fingerprint density at radius 2 is 0.864 bits per heavy atom. The van der Waals surface area contributed by atoms with Gasteiger partial charge in [-0.05, 0) is 29.3 Å². The van der Waals surface area contributed by atoms with Gasteiger partial charge >= 0.3 is 18.5 Å². The summed E-state index contributed by atoms with van der Waals surface area (Å²) in [6.45, 7) is 0. The Balaban J connectivity index is 2.80. The zero-order valence-electron chi connectivity index (χ0n) is 10.3. The molecule has 2 aliphatic rings. The van der Waals surface area contributed by atoms with Crippen molar-refractivity contribution in [2.24, 2.45) is 0 Å². The third-order valence-corrected chi connectivity index (χ3v) is 2.96. The highest BCUT2D eigenvalue weighted by Gasteiger charge is 2.43. The van der Waals surface area contributed by atoms with Crippen molar-refractivity contribution in [3.05, 3.63) is 47.0 Å². The van der Waals surface area contributed by atoms with E-state index in [1.807, 2.05) is 0 Å². The first-order chi connectivity index (χ1) is 9.82. The number of fused-ring (bicyclic) bond motifs is 1. The van der Waals surface area contributed by atoms with Gasteiger partial charge in [0, 0.05) is 0 Å². The van der Waals surface area contributed by atoms with E-state index in [0.29, 0.717) is 24.3 Å². The van der Waals surface area contributed by atoms with Crippen molar-refractivity contribution >= 4 is 0 Å². The molecule has 9 heteroatoms. The smallest absolute Gasteiger partial charge is 0.166 e. The van der Waals surface area contributed by atoms with Gasteiger partial charge in [-0.25, -0.2) is 0 Å². The summed E-state index contributed by atoms with van der Waals surface area (Å²) < 4.78 is 114. The molecule has 0 saturated heterocycles. The molecule has 0 aliphatic heterocycles. The lowest BCUT2D eigenvalue weighted by atomic mass is 10.1. The predicted molar refractivity (Wildman–Crippen MR) is 58.1 cm³/mol. The van der Waals surface area contributed by atoms with Gasteiger partial charge < -0.3 is 0 Å². The van der Waals surface area contributed by atoms with Crippen molar-refractivity contribution in [3.8, 4) is 11.1 Å². The molecule has 0 saturated carbocycles. The van der Waals surface area contributed by atoms with Gasteiger partial charge in [0.25, 0.3) is 0 Å². The minimum absolute atomic E-state index is 0.0993. The fourth-order valence-corrected chi connectivity index (χ4v) is 2.01. The summed E-state index contributed by atoms with van der Waals surface area (Å²) in [5.74, 6) is 0. The topological polar surface area (TPSA) is 0 Å². The standard InChI is InChI=1S/C13H5F9/c14-11(15,16)6-1-3-7-8(4-2-6)10(13(20,21)22)5-9(7)12(17,18)19/h1-5H. The third-order valence-electron chi connectivity index (χ3n) is 2.96. The number of hydrogen-bond donors (Lipinski definition) is 0. The van der Waals surface area contributed by atoms with Gasteiger partial charge in [-0.3, -0.25) is 0 Å². The molecule has 0 spiro atoms. The highest BCUT2D eigenvalue weighted by atomic mass is 19.4. The molecule has 0 heterocycles. The van der Waals surface area contributed by atoms with Crippen molar-refractivity contribution in [1.82, 2.24) is 0 Å². The van der Waals surface area contributed by atoms with Gasteiger partial charge in [-0.1, -0.05) is 12.1 Å². The van der Waals surface area contributed by atoms with E-state index in [2.05, 4.69) is 0 Å². The van der Waals surface area contributed by atoms with Crippen LogP contribution in [0, 0.1) is 0 Å². The van der Waals surface area contributed by atoms with Crippen LogP contribution >= 0.6 is 0 Å². The first kappa shape index (κ1) is 16.4. The molecule has 0 atom stereocenters. The second-order valence-corrected chi connectivity index (χ2v) is 4.41. The summed E-state index contributed by atoms with van der Waals surface area (Å²) in [5.41, 5.74) is -6.46. The Kier molecular flexibility index (Phi) is 3.58. The molecule has 0 aromatic rings. The molecule has 22 heavy (non-hydrogen) atoms. The van der Waals surface area contributed by atoms with E-state index in [9.17, 15) is 39.5 Å². The summed E-state index contributed by atoms with van der Waals surface area (Å²) in [4.78, 5) is 0. The molecule has 0 bridgehead atoms. The van der Waals surface area contributed by atoms with E-state index in [1.54, 1.807) is 0 Å². The lowest BCUT2D eigenvalue weighted by Crippen LogP contribution is -2.05. The van der Waals surface area contributed by atoms with Crippen LogP contribution in [-0.2, 0) is 18.5 Å². The van der Waals surface area contributed by atoms with Gasteiger partial charge in [-0.2, -0.15) is 39.5 Å². The van der Waals surface area contributed by atoms with Crippen LogP contribution in [0.1, 0.15) is 16.7 Å². The molecule has 2 rings (SSSR count). The fourth-order valence-electron chi connectivity index (χ4n) is 2.01. The number of halogens is 9. The van der Waals surface area contributed by atoms with E-state index >= 15 is 0 Å². The molecule has 0 fully saturated rings. The summed E-state index contributed by atoms with van der Waals surface area (Å²) in [5, 5.41) is 0. The molecular weight excluding hydrogens is 327 g/mol. The Morgan fingerprint density at radius 3 is 1.14 bits per heavy atom. The molecule has 0 radical (unpaired) electrons. The van der Waals surface area contributed by atoms with Gasteiger partial charge in [0.05, 0.1) is 16.7 Å². The maximum Gasteiger partial charge on any atom is 0.417 e. The maximum absolute atomic E-state index is 12.8. The summed E-state index contributed by atoms with van der Waals surface area (Å²) >= 11 is 0. The van der Waals surface area contributed by atoms with Crippen LogP contribution in [0.5, 0.6) is 0 Å². The van der Waals surface area contributed by atoms with E-state index < -0.39 is 46.3 Å². The highest BCUT2D eigenvalue weighted by molar-refractivity contribution is 5.76. The first-order valence-electron chi connectivity index (χ1n) is 5.60. The van der Waals surface area contributed by atoms with E-state index in [1.165, 1.54) is 0 Å². The molecule has 0 aromatic carbocycles. The van der Waals surface area contributed by atoms with Crippen molar-refractivity contribution in [2.75, 3.05) is 0 Å². The molecule has 0 aromatic heterocycles. The zero-order valence-corrected chi connectivity index (χ0v) is 10.3. The van der Waals surface area contributed by atoms with Crippen LogP contribution in [0.2, 0.25) is 0 Å². The summed E-state index contributed by atoms with van der Waals surface area (Å²) in [6, 6.07) is 1.33. The van der Waals surface area contributed by atoms with Crippen molar-refractivity contribution in [3.63, 3.8) is 0 Å². The lowest BCUT2D eigenvalue weighted by molar-refractivity contribution is -0.140. The van der Waals surface area contributed by atoms with Gasteiger partial charge in [0.15, 0.2) is 0 Å². The minimum atomic E-state index is -5.12. The molecular formula is C13H5F9. The lowest BCUT2D eigenvalue weighted by Gasteiger charge is -2.06. The monoisotopic (exact) mass is 332 g/mol. The second kappa shape index (κ2) is 4.79. The van der Waals surface area contributed by atoms with Crippen LogP contribution in [0.3, 0.4) is 0 Å². The van der Waals surface area contributed by atoms with Gasteiger partial charge in [0.2, 0.25) is 0 Å². The average molecular weight is 332 g/mol. The SMILES string of the molecule is FC(F)(F)c1ccc2c(C(F)(F)F)cc(C(F)(F)F)c-2cc1. The Bertz CT molecular complexity index is 612. The van der Waals surface area contributed by atoms with E-state index in [4.69, 9.17) is 0 Å². The van der Waals surface area contributed by atoms with Crippen LogP contribution in [0.4, 0.5) is 39.5 Å². The number of hydrogen-bond acceptors (Lipinski definition) is 0. The predicted octanol–water partition coefficient (Wildman–Crippen LogP) is 5.85. The van der Waals surface area contributed by atoms with Crippen molar-refractivity contribution in [1.29, 1.82) is 0 Å². The molecule has 0 nitrogen and oxygen atoms in total. The van der Waals surface area contributed by atoms with Crippen molar-refractivity contribution in [2.45, 2.75) is 18.5 Å². The normalized spacial score (nSPS) is 13.7. The van der Waals surface area contributed by atoms with Gasteiger partial charge in [0.1, 0.15) is 0 Å². The van der Waals surface area contributed by atoms with Crippen LogP contribution in [0.25, 0.3) is 11.1 Å². The minimum Gasteiger partial charge on any atom is -0.166 e. The maximum atomic E-state index is 12.8. The van der Waals surface area contributed by atoms with Crippen molar-refractivity contribution < 1.29 is 39.5 Å². The third kappa shape index (κ3) is 2.97. The highest BCUT2D eigenvalue weighted by Crippen LogP contribution is 2.47.